The van der Waals surface area contributed by atoms with Crippen LogP contribution in [0.15, 0.2) is 72.8 Å². The van der Waals surface area contributed by atoms with Gasteiger partial charge in [0.15, 0.2) is 5.96 Å². The van der Waals surface area contributed by atoms with E-state index in [0.717, 1.165) is 0 Å². The molecule has 21 N–H and O–H groups in total. The normalized spacial score (nSPS) is 12.2. The smallest absolute Gasteiger partial charge is 0.255 e. The second-order valence-electron chi connectivity index (χ2n) is 19.0. The van der Waals surface area contributed by atoms with Gasteiger partial charge in [-0.05, 0) is 157 Å². The Bertz CT molecular complexity index is 2910. The Morgan fingerprint density at radius 1 is 0.434 bits per heavy atom. The summed E-state index contributed by atoms with van der Waals surface area (Å²) in [5, 5.41) is 29.3. The lowest BCUT2D eigenvalue weighted by molar-refractivity contribution is -0.118. The van der Waals surface area contributed by atoms with Crippen molar-refractivity contribution in [3.8, 4) is 23.0 Å². The lowest BCUT2D eigenvalue weighted by atomic mass is 10.1. The number of amides is 8. The molecule has 8 amide bonds. The third-order valence-electron chi connectivity index (χ3n) is 12.9. The third-order valence-corrected chi connectivity index (χ3v) is 12.9. The van der Waals surface area contributed by atoms with Gasteiger partial charge < -0.3 is 95.9 Å². The molecule has 0 aliphatic heterocycles. The van der Waals surface area contributed by atoms with Gasteiger partial charge in [-0.15, -0.1) is 0 Å². The minimum Gasteiger partial charge on any atom is -0.496 e. The molecular weight excluding hydrogens is 1070 g/mol. The first-order valence-corrected chi connectivity index (χ1v) is 26.9. The predicted octanol–water partition coefficient (Wildman–Crippen LogP) is 1.95. The summed E-state index contributed by atoms with van der Waals surface area (Å²) < 4.78 is 21.7. The maximum Gasteiger partial charge on any atom is 0.255 e. The Morgan fingerprint density at radius 2 is 0.735 bits per heavy atom. The van der Waals surface area contributed by atoms with Crippen molar-refractivity contribution >= 4 is 76.0 Å². The summed E-state index contributed by atoms with van der Waals surface area (Å²) in [6.07, 6.45) is 4.30. The molecule has 83 heavy (non-hydrogen) atoms. The molecule has 4 atom stereocenters. The van der Waals surface area contributed by atoms with Crippen LogP contribution in [0.5, 0.6) is 23.0 Å². The van der Waals surface area contributed by atoms with Crippen LogP contribution in [0.4, 0.5) is 22.7 Å². The number of primary amides is 1. The highest BCUT2D eigenvalue weighted by molar-refractivity contribution is 6.07. The molecule has 0 spiro atoms. The Hall–Kier alpha value is -9.05. The van der Waals surface area contributed by atoms with Crippen LogP contribution in [-0.4, -0.2) is 132 Å². The fourth-order valence-electron chi connectivity index (χ4n) is 8.46. The van der Waals surface area contributed by atoms with Crippen molar-refractivity contribution in [2.45, 2.75) is 94.8 Å². The molecule has 0 aromatic heterocycles. The van der Waals surface area contributed by atoms with Gasteiger partial charge in [-0.3, -0.25) is 43.8 Å². The first kappa shape index (κ1) is 66.5. The van der Waals surface area contributed by atoms with Gasteiger partial charge >= 0.3 is 0 Å². The van der Waals surface area contributed by atoms with Crippen LogP contribution in [0.3, 0.4) is 0 Å². The molecule has 4 rings (SSSR count). The van der Waals surface area contributed by atoms with E-state index in [4.69, 9.17) is 58.8 Å². The lowest BCUT2D eigenvalue weighted by Crippen LogP contribution is -2.45. The van der Waals surface area contributed by atoms with E-state index in [1.807, 2.05) is 0 Å². The zero-order valence-electron chi connectivity index (χ0n) is 47.2. The largest absolute Gasteiger partial charge is 0.496 e. The van der Waals surface area contributed by atoms with E-state index < -0.39 is 71.4 Å². The number of rotatable bonds is 35. The number of nitrogens with one attached hydrogen (secondary N) is 9. The maximum atomic E-state index is 14.3. The van der Waals surface area contributed by atoms with Gasteiger partial charge in [0.05, 0.1) is 56.7 Å². The van der Waals surface area contributed by atoms with Gasteiger partial charge in [0.2, 0.25) is 23.6 Å². The lowest BCUT2D eigenvalue weighted by Gasteiger charge is -2.22. The Balaban J connectivity index is 1.56. The summed E-state index contributed by atoms with van der Waals surface area (Å²) in [5.41, 5.74) is 34.8. The van der Waals surface area contributed by atoms with Gasteiger partial charge in [0.1, 0.15) is 41.1 Å². The van der Waals surface area contributed by atoms with E-state index in [-0.39, 0.29) is 106 Å². The molecular formula is C56H79N15O12. The molecule has 27 nitrogen and oxygen atoms in total. The molecule has 0 fully saturated rings. The summed E-state index contributed by atoms with van der Waals surface area (Å²) in [6, 6.07) is 12.9. The van der Waals surface area contributed by atoms with Crippen molar-refractivity contribution in [3.05, 3.63) is 95.1 Å². The van der Waals surface area contributed by atoms with Crippen LogP contribution >= 0.6 is 0 Å². The number of unbranched alkanes of at least 4 members (excludes halogenated alkanes) is 3. The Labute approximate surface area is 481 Å². The molecule has 0 radical (unpaired) electrons. The quantitative estimate of drug-likeness (QED) is 0.0178. The van der Waals surface area contributed by atoms with E-state index in [1.54, 1.807) is 6.07 Å². The van der Waals surface area contributed by atoms with Crippen LogP contribution in [0.25, 0.3) is 0 Å². The van der Waals surface area contributed by atoms with Crippen molar-refractivity contribution in [3.63, 3.8) is 0 Å². The minimum absolute atomic E-state index is 0.00439. The summed E-state index contributed by atoms with van der Waals surface area (Å²) >= 11 is 0. The van der Waals surface area contributed by atoms with E-state index in [1.165, 1.54) is 95.2 Å². The fourth-order valence-corrected chi connectivity index (χ4v) is 8.46. The highest BCUT2D eigenvalue weighted by Crippen LogP contribution is 2.28. The molecule has 0 bridgehead atoms. The van der Waals surface area contributed by atoms with Crippen molar-refractivity contribution in [2.24, 2.45) is 34.4 Å². The average molecular weight is 1150 g/mol. The molecule has 0 aliphatic carbocycles. The Kier molecular flexibility index (Phi) is 27.5. The molecule has 4 aromatic carbocycles. The summed E-state index contributed by atoms with van der Waals surface area (Å²) in [4.78, 5) is 109. The molecule has 0 unspecified atom stereocenters. The number of guanidine groups is 1. The molecule has 0 saturated carbocycles. The van der Waals surface area contributed by atoms with Crippen molar-refractivity contribution in [2.75, 3.05) is 75.9 Å². The molecule has 450 valence electrons. The van der Waals surface area contributed by atoms with Crippen LogP contribution in [0.1, 0.15) is 112 Å². The molecule has 27 heteroatoms. The number of nitrogens with two attached hydrogens (primary N) is 6. The standard InChI is InChI=1S/C56H79N15O12/c1-80-44-20-16-32(28-36(44)48(61)72)66-55(79)43(15-11-27-64-56(62)63)71-51(75)39-31-35(19-23-47(39)83-4)68-54(78)42(14-7-10-26-59)70-50(74)38-30-34(18-22-46(38)82-3)67-53(77)41(13-6-9-25-58)69-49(73)37-29-33(17-21-45(37)81-2)65-52(76)40(60)12-5-8-24-57/h16-23,28-31,40-43H,5-15,24-27,57-60H2,1-4H3,(H2,61,72)(H,65,76)(H,66,79)(H,67,77)(H,68,78)(H,69,73)(H,70,74)(H,71,75)(H4,62,63,64)/t40-,41-,42-,43-/m0/s1. The second kappa shape index (κ2) is 34.3. The second-order valence-corrected chi connectivity index (χ2v) is 19.0. The van der Waals surface area contributed by atoms with Crippen LogP contribution in [-0.2, 0) is 19.2 Å². The molecule has 0 aliphatic rings. The fraction of sp³-hybridized carbons (Fsp3) is 0.411. The van der Waals surface area contributed by atoms with Gasteiger partial charge in [0.25, 0.3) is 23.6 Å². The number of carbonyl (C=O) groups excluding carboxylic acids is 8. The number of methoxy groups -OCH3 is 4. The SMILES string of the molecule is COc1ccc(NC(=O)[C@H](CCCNC(=N)N)NC(=O)c2cc(NC(=O)[C@H](CCCCN)NC(=O)c3cc(NC(=O)[C@H](CCCCN)NC(=O)c4cc(NC(=O)[C@@H](N)CCCCN)ccc4OC)ccc3OC)ccc2OC)cc1C(N)=O. The monoisotopic (exact) mass is 1150 g/mol. The van der Waals surface area contributed by atoms with Gasteiger partial charge in [-0.1, -0.05) is 6.42 Å². The van der Waals surface area contributed by atoms with Crippen LogP contribution in [0, 0.1) is 5.41 Å². The highest BCUT2D eigenvalue weighted by Gasteiger charge is 2.29. The first-order chi connectivity index (χ1) is 39.8. The van der Waals surface area contributed by atoms with E-state index >= 15 is 0 Å². The summed E-state index contributed by atoms with van der Waals surface area (Å²) in [6.45, 7) is 1.29. The van der Waals surface area contributed by atoms with Crippen molar-refractivity contribution in [1.29, 1.82) is 5.41 Å². The van der Waals surface area contributed by atoms with Crippen LogP contribution < -0.4 is 95.9 Å². The van der Waals surface area contributed by atoms with Gasteiger partial charge in [0, 0.05) is 29.3 Å². The molecule has 0 heterocycles. The van der Waals surface area contributed by atoms with Gasteiger partial charge in [-0.2, -0.15) is 0 Å². The zero-order valence-corrected chi connectivity index (χ0v) is 47.2. The zero-order chi connectivity index (χ0) is 61.0. The van der Waals surface area contributed by atoms with Crippen LogP contribution in [0.2, 0.25) is 0 Å². The number of anilines is 4. The topological polar surface area (TPSA) is 450 Å². The molecule has 0 saturated heterocycles. The predicted molar refractivity (Wildman–Crippen MR) is 315 cm³/mol. The number of hydrogen-bond donors (Lipinski definition) is 15. The van der Waals surface area contributed by atoms with E-state index in [0.29, 0.717) is 64.6 Å². The number of ether oxygens (including phenoxy) is 4. The van der Waals surface area contributed by atoms with Gasteiger partial charge in [-0.25, -0.2) is 0 Å². The number of carbonyl (C=O) groups is 8. The van der Waals surface area contributed by atoms with Crippen molar-refractivity contribution < 1.29 is 57.3 Å². The highest BCUT2D eigenvalue weighted by atomic mass is 16.5. The minimum atomic E-state index is -1.20. The molecule has 4 aromatic rings. The number of benzene rings is 4. The third kappa shape index (κ3) is 20.8. The number of hydrogen-bond acceptors (Lipinski definition) is 17. The first-order valence-electron chi connectivity index (χ1n) is 26.9. The Morgan fingerprint density at radius 3 is 1.05 bits per heavy atom. The van der Waals surface area contributed by atoms with Crippen molar-refractivity contribution in [1.82, 2.24) is 21.3 Å². The maximum absolute atomic E-state index is 14.3. The average Bonchev–Trinajstić information content (AvgIpc) is 3.48. The summed E-state index contributed by atoms with van der Waals surface area (Å²) in [7, 11) is 5.39. The van der Waals surface area contributed by atoms with E-state index in [9.17, 15) is 38.4 Å². The summed E-state index contributed by atoms with van der Waals surface area (Å²) in [5.74, 6) is -5.22. The van der Waals surface area contributed by atoms with E-state index in [2.05, 4.69) is 42.5 Å².